The Morgan fingerprint density at radius 3 is 2.89 bits per heavy atom. The van der Waals surface area contributed by atoms with E-state index in [9.17, 15) is 0 Å². The zero-order valence-electron chi connectivity index (χ0n) is 10.1. The number of anilines is 2. The maximum absolute atomic E-state index is 6.24. The average molecular weight is 290 g/mol. The summed E-state index contributed by atoms with van der Waals surface area (Å²) in [4.78, 5) is 4.35. The summed E-state index contributed by atoms with van der Waals surface area (Å²) < 4.78 is 1.12. The minimum atomic E-state index is 0.628. The van der Waals surface area contributed by atoms with E-state index in [4.69, 9.17) is 17.3 Å². The molecular formula is C14H12ClN3S. The molecule has 3 rings (SSSR count). The topological polar surface area (TPSA) is 50.9 Å². The van der Waals surface area contributed by atoms with Gasteiger partial charge in [-0.15, -0.1) is 11.3 Å². The van der Waals surface area contributed by atoms with Crippen LogP contribution < -0.4 is 11.1 Å². The van der Waals surface area contributed by atoms with Crippen LogP contribution in [-0.4, -0.2) is 4.98 Å². The molecule has 3 nitrogen and oxygen atoms in total. The molecule has 0 aliphatic carbocycles. The fraction of sp³-hybridized carbons (Fsp3) is 0.0714. The molecule has 0 amide bonds. The zero-order valence-corrected chi connectivity index (χ0v) is 11.6. The second kappa shape index (κ2) is 5.07. The van der Waals surface area contributed by atoms with Crippen molar-refractivity contribution in [2.45, 2.75) is 6.54 Å². The van der Waals surface area contributed by atoms with E-state index in [0.29, 0.717) is 11.6 Å². The highest BCUT2D eigenvalue weighted by Gasteiger charge is 2.08. The average Bonchev–Trinajstić information content (AvgIpc) is 2.88. The molecule has 1 heterocycles. The fourth-order valence-corrected chi connectivity index (χ4v) is 2.86. The molecular weight excluding hydrogens is 278 g/mol. The molecule has 0 atom stereocenters. The number of halogens is 1. The SMILES string of the molecule is Nc1ccccc1CNc1c(Cl)ccc2scnc12. The number of nitrogens with zero attached hydrogens (tertiary/aromatic N) is 1. The van der Waals surface area contributed by atoms with Gasteiger partial charge in [0.2, 0.25) is 0 Å². The van der Waals surface area contributed by atoms with Gasteiger partial charge in [-0.25, -0.2) is 4.98 Å². The van der Waals surface area contributed by atoms with Crippen molar-refractivity contribution >= 4 is 44.5 Å². The Morgan fingerprint density at radius 1 is 1.21 bits per heavy atom. The van der Waals surface area contributed by atoms with Gasteiger partial charge < -0.3 is 11.1 Å². The molecule has 96 valence electrons. The summed E-state index contributed by atoms with van der Waals surface area (Å²) in [5, 5.41) is 4.01. The van der Waals surface area contributed by atoms with Crippen molar-refractivity contribution in [3.05, 3.63) is 52.5 Å². The molecule has 5 heteroatoms. The number of benzene rings is 2. The minimum Gasteiger partial charge on any atom is -0.398 e. The summed E-state index contributed by atoms with van der Waals surface area (Å²) in [5.41, 5.74) is 11.3. The van der Waals surface area contributed by atoms with Gasteiger partial charge in [0.05, 0.1) is 20.9 Å². The summed E-state index contributed by atoms with van der Waals surface area (Å²) in [6.45, 7) is 0.628. The molecule has 0 spiro atoms. The van der Waals surface area contributed by atoms with Gasteiger partial charge >= 0.3 is 0 Å². The lowest BCUT2D eigenvalue weighted by Gasteiger charge is -2.10. The zero-order chi connectivity index (χ0) is 13.2. The molecule has 0 saturated carbocycles. The molecule has 0 radical (unpaired) electrons. The molecule has 19 heavy (non-hydrogen) atoms. The molecule has 0 bridgehead atoms. The monoisotopic (exact) mass is 289 g/mol. The largest absolute Gasteiger partial charge is 0.398 e. The molecule has 2 aromatic carbocycles. The van der Waals surface area contributed by atoms with Gasteiger partial charge in [-0.05, 0) is 23.8 Å². The van der Waals surface area contributed by atoms with Crippen molar-refractivity contribution in [1.82, 2.24) is 4.98 Å². The van der Waals surface area contributed by atoms with E-state index in [2.05, 4.69) is 10.3 Å². The van der Waals surface area contributed by atoms with Crippen molar-refractivity contribution in [1.29, 1.82) is 0 Å². The highest BCUT2D eigenvalue weighted by molar-refractivity contribution is 7.16. The summed E-state index contributed by atoms with van der Waals surface area (Å²) in [6, 6.07) is 11.7. The Morgan fingerprint density at radius 2 is 2.05 bits per heavy atom. The second-order valence-electron chi connectivity index (χ2n) is 4.17. The predicted octanol–water partition coefficient (Wildman–Crippen LogP) is 4.14. The third-order valence-electron chi connectivity index (χ3n) is 2.96. The maximum Gasteiger partial charge on any atom is 0.106 e. The van der Waals surface area contributed by atoms with Gasteiger partial charge in [0.25, 0.3) is 0 Å². The van der Waals surface area contributed by atoms with E-state index in [1.807, 2.05) is 41.9 Å². The first-order valence-electron chi connectivity index (χ1n) is 5.84. The second-order valence-corrected chi connectivity index (χ2v) is 5.47. The number of hydrogen-bond donors (Lipinski definition) is 2. The van der Waals surface area contributed by atoms with Gasteiger partial charge in [-0.2, -0.15) is 0 Å². The highest BCUT2D eigenvalue weighted by Crippen LogP contribution is 2.32. The van der Waals surface area contributed by atoms with Crippen molar-refractivity contribution < 1.29 is 0 Å². The van der Waals surface area contributed by atoms with Crippen LogP contribution >= 0.6 is 22.9 Å². The standard InChI is InChI=1S/C14H12ClN3S/c15-10-5-6-12-14(18-8-19-12)13(10)17-7-9-3-1-2-4-11(9)16/h1-6,8,17H,7,16H2. The number of para-hydroxylation sites is 1. The number of rotatable bonds is 3. The molecule has 0 unspecified atom stereocenters. The molecule has 3 N–H and O–H groups in total. The number of hydrogen-bond acceptors (Lipinski definition) is 4. The first-order chi connectivity index (χ1) is 9.25. The lowest BCUT2D eigenvalue weighted by molar-refractivity contribution is 1.16. The first-order valence-corrected chi connectivity index (χ1v) is 7.10. The number of nitrogen functional groups attached to an aromatic ring is 1. The van der Waals surface area contributed by atoms with Crippen LogP contribution in [0.1, 0.15) is 5.56 Å². The summed E-state index contributed by atoms with van der Waals surface area (Å²) in [5.74, 6) is 0. The van der Waals surface area contributed by atoms with Crippen molar-refractivity contribution in [3.8, 4) is 0 Å². The first kappa shape index (κ1) is 12.3. The number of fused-ring (bicyclic) bond motifs is 1. The van der Waals surface area contributed by atoms with Gasteiger partial charge in [-0.3, -0.25) is 0 Å². The Bertz CT molecular complexity index is 724. The van der Waals surface area contributed by atoms with Gasteiger partial charge in [0.1, 0.15) is 5.52 Å². The normalized spacial score (nSPS) is 10.8. The Balaban J connectivity index is 1.92. The van der Waals surface area contributed by atoms with Crippen molar-refractivity contribution in [2.75, 3.05) is 11.1 Å². The Kier molecular flexibility index (Phi) is 3.27. The fourth-order valence-electron chi connectivity index (χ4n) is 1.95. The van der Waals surface area contributed by atoms with Crippen LogP contribution in [-0.2, 0) is 6.54 Å². The maximum atomic E-state index is 6.24. The predicted molar refractivity (Wildman–Crippen MR) is 82.8 cm³/mol. The molecule has 0 aliphatic heterocycles. The van der Waals surface area contributed by atoms with Crippen LogP contribution in [0.5, 0.6) is 0 Å². The lowest BCUT2D eigenvalue weighted by Crippen LogP contribution is -2.03. The Hall–Kier alpha value is -1.78. The summed E-state index contributed by atoms with van der Waals surface area (Å²) >= 11 is 7.84. The van der Waals surface area contributed by atoms with Crippen LogP contribution in [0.25, 0.3) is 10.2 Å². The van der Waals surface area contributed by atoms with Gasteiger partial charge in [0, 0.05) is 12.2 Å². The van der Waals surface area contributed by atoms with Crippen LogP contribution in [0.15, 0.2) is 41.9 Å². The van der Waals surface area contributed by atoms with Crippen LogP contribution in [0.2, 0.25) is 5.02 Å². The van der Waals surface area contributed by atoms with E-state index in [-0.39, 0.29) is 0 Å². The molecule has 0 saturated heterocycles. The highest BCUT2D eigenvalue weighted by atomic mass is 35.5. The number of thiazole rings is 1. The molecule has 3 aromatic rings. The van der Waals surface area contributed by atoms with Crippen LogP contribution in [0.4, 0.5) is 11.4 Å². The quantitative estimate of drug-likeness (QED) is 0.712. The van der Waals surface area contributed by atoms with E-state index >= 15 is 0 Å². The third-order valence-corrected chi connectivity index (χ3v) is 4.07. The van der Waals surface area contributed by atoms with Gasteiger partial charge in [-0.1, -0.05) is 29.8 Å². The van der Waals surface area contributed by atoms with Crippen LogP contribution in [0, 0.1) is 0 Å². The van der Waals surface area contributed by atoms with E-state index in [1.165, 1.54) is 0 Å². The summed E-state index contributed by atoms with van der Waals surface area (Å²) in [7, 11) is 0. The lowest BCUT2D eigenvalue weighted by atomic mass is 10.2. The molecule has 1 aromatic heterocycles. The van der Waals surface area contributed by atoms with Crippen molar-refractivity contribution in [2.24, 2.45) is 0 Å². The number of aromatic nitrogens is 1. The molecule has 0 aliphatic rings. The van der Waals surface area contributed by atoms with E-state index in [1.54, 1.807) is 11.3 Å². The third kappa shape index (κ3) is 2.37. The number of nitrogens with one attached hydrogen (secondary N) is 1. The summed E-state index contributed by atoms with van der Waals surface area (Å²) in [6.07, 6.45) is 0. The van der Waals surface area contributed by atoms with Gasteiger partial charge in [0.15, 0.2) is 0 Å². The Labute approximate surface area is 120 Å². The smallest absolute Gasteiger partial charge is 0.106 e. The van der Waals surface area contributed by atoms with Crippen molar-refractivity contribution in [3.63, 3.8) is 0 Å². The number of nitrogens with two attached hydrogens (primary N) is 1. The minimum absolute atomic E-state index is 0.628. The van der Waals surface area contributed by atoms with Crippen LogP contribution in [0.3, 0.4) is 0 Å². The molecule has 0 fully saturated rings. The van der Waals surface area contributed by atoms with E-state index in [0.717, 1.165) is 27.2 Å². The van der Waals surface area contributed by atoms with E-state index < -0.39 is 0 Å².